The second-order valence-corrected chi connectivity index (χ2v) is 16.5. The minimum atomic E-state index is -1.22. The molecule has 5 rings (SSSR count). The second kappa shape index (κ2) is 10.3. The van der Waals surface area contributed by atoms with Gasteiger partial charge in [0.15, 0.2) is 5.65 Å². The van der Waals surface area contributed by atoms with Gasteiger partial charge >= 0.3 is 0 Å². The van der Waals surface area contributed by atoms with Crippen LogP contribution in [0, 0.1) is 11.7 Å². The van der Waals surface area contributed by atoms with Crippen LogP contribution in [0.2, 0.25) is 25.7 Å². The van der Waals surface area contributed by atoms with E-state index in [1.807, 2.05) is 4.57 Å². The molecule has 0 saturated carbocycles. The largest absolute Gasteiger partial charge is 0.381 e. The van der Waals surface area contributed by atoms with Crippen LogP contribution in [0.25, 0.3) is 33.5 Å². The lowest BCUT2D eigenvalue weighted by atomic mass is 10.0. The number of amides is 1. The van der Waals surface area contributed by atoms with Crippen LogP contribution in [0.4, 0.5) is 4.39 Å². The van der Waals surface area contributed by atoms with E-state index in [-0.39, 0.29) is 18.5 Å². The average Bonchev–Trinajstić information content (AvgIpc) is 3.35. The molecule has 3 aromatic heterocycles. The number of ether oxygens (including phenoxy) is 2. The number of aromatic nitrogens is 5. The zero-order chi connectivity index (χ0) is 26.2. The highest BCUT2D eigenvalue weighted by Gasteiger charge is 2.22. The summed E-state index contributed by atoms with van der Waals surface area (Å²) in [6.07, 6.45) is 4.28. The van der Waals surface area contributed by atoms with Crippen LogP contribution < -0.4 is 5.32 Å². The molecule has 1 aliphatic rings. The number of nitrogens with zero attached hydrogens (tertiary/aromatic N) is 5. The van der Waals surface area contributed by atoms with Gasteiger partial charge in [-0.2, -0.15) is 5.10 Å². The van der Waals surface area contributed by atoms with Crippen LogP contribution in [0.15, 0.2) is 30.6 Å². The molecule has 9 nitrogen and oxygen atoms in total. The topological polar surface area (TPSA) is 96.1 Å². The maximum absolute atomic E-state index is 13.8. The summed E-state index contributed by atoms with van der Waals surface area (Å²) in [7, 11) is 0.540. The molecule has 0 bridgehead atoms. The Labute approximate surface area is 216 Å². The molecule has 0 atom stereocenters. The minimum absolute atomic E-state index is 0.203. The molecule has 4 aromatic rings. The van der Waals surface area contributed by atoms with Gasteiger partial charge in [-0.15, -0.1) is 0 Å². The Morgan fingerprint density at radius 1 is 1.30 bits per heavy atom. The third-order valence-corrected chi connectivity index (χ3v) is 8.34. The zero-order valence-corrected chi connectivity index (χ0v) is 22.8. The van der Waals surface area contributed by atoms with Crippen molar-refractivity contribution >= 4 is 36.0 Å². The molecule has 1 saturated heterocycles. The molecule has 11 heteroatoms. The van der Waals surface area contributed by atoms with Gasteiger partial charge < -0.3 is 19.4 Å². The fraction of sp³-hybridized carbons (Fsp3) is 0.462. The van der Waals surface area contributed by atoms with Gasteiger partial charge in [0, 0.05) is 45.8 Å². The van der Waals surface area contributed by atoms with E-state index in [9.17, 15) is 9.18 Å². The molecular formula is C26H33FN6O3Si. The maximum atomic E-state index is 13.8. The van der Waals surface area contributed by atoms with E-state index in [4.69, 9.17) is 14.5 Å². The normalized spacial score (nSPS) is 14.4. The number of rotatable bonds is 10. The molecule has 196 valence electrons. The molecule has 1 fully saturated rings. The average molecular weight is 525 g/mol. The lowest BCUT2D eigenvalue weighted by molar-refractivity contribution is -0.0349. The molecule has 0 unspecified atom stereocenters. The van der Waals surface area contributed by atoms with Gasteiger partial charge in [0.25, 0.3) is 5.91 Å². The number of fused-ring (bicyclic) bond motifs is 2. The summed E-state index contributed by atoms with van der Waals surface area (Å²) in [5.74, 6) is -0.0391. The Balaban J connectivity index is 1.46. The predicted molar refractivity (Wildman–Crippen MR) is 143 cm³/mol. The molecule has 1 aromatic carbocycles. The Morgan fingerprint density at radius 3 is 2.84 bits per heavy atom. The van der Waals surface area contributed by atoms with E-state index in [2.05, 4.69) is 35.0 Å². The van der Waals surface area contributed by atoms with Gasteiger partial charge in [0.05, 0.1) is 30.5 Å². The number of benzene rings is 1. The molecule has 1 amide bonds. The van der Waals surface area contributed by atoms with Crippen molar-refractivity contribution in [3.63, 3.8) is 0 Å². The molecule has 4 heterocycles. The first-order valence-electron chi connectivity index (χ1n) is 12.6. The first-order chi connectivity index (χ1) is 17.7. The van der Waals surface area contributed by atoms with Gasteiger partial charge in [-0.25, -0.2) is 14.4 Å². The van der Waals surface area contributed by atoms with Gasteiger partial charge in [-0.3, -0.25) is 9.48 Å². The summed E-state index contributed by atoms with van der Waals surface area (Å²) in [4.78, 5) is 22.7. The van der Waals surface area contributed by atoms with Crippen molar-refractivity contribution in [2.45, 2.75) is 38.8 Å². The zero-order valence-electron chi connectivity index (χ0n) is 21.8. The summed E-state index contributed by atoms with van der Waals surface area (Å²) in [5.41, 5.74) is 3.25. The van der Waals surface area contributed by atoms with E-state index >= 15 is 0 Å². The Kier molecular flexibility index (Phi) is 7.10. The SMILES string of the molecule is Cn1nc(-c2cnc3c(n2)c(C(=O)NCCC2COC2)cn3COCC[Si](C)(C)C)c2ccc(F)cc21. The first-order valence-corrected chi connectivity index (χ1v) is 16.3. The van der Waals surface area contributed by atoms with Crippen LogP contribution in [-0.2, 0) is 23.3 Å². The van der Waals surface area contributed by atoms with Crippen molar-refractivity contribution in [3.05, 3.63) is 42.0 Å². The van der Waals surface area contributed by atoms with Crippen molar-refractivity contribution in [2.24, 2.45) is 13.0 Å². The molecule has 0 spiro atoms. The summed E-state index contributed by atoms with van der Waals surface area (Å²) >= 11 is 0. The number of aryl methyl sites for hydroxylation is 1. The van der Waals surface area contributed by atoms with Gasteiger partial charge in [-0.05, 0) is 30.7 Å². The lowest BCUT2D eigenvalue weighted by Crippen LogP contribution is -2.33. The Morgan fingerprint density at radius 2 is 2.11 bits per heavy atom. The Hall–Kier alpha value is -3.15. The highest BCUT2D eigenvalue weighted by molar-refractivity contribution is 6.76. The lowest BCUT2D eigenvalue weighted by Gasteiger charge is -2.25. The van der Waals surface area contributed by atoms with Crippen molar-refractivity contribution in [1.82, 2.24) is 29.6 Å². The Bertz CT molecular complexity index is 1440. The summed E-state index contributed by atoms with van der Waals surface area (Å²) in [6, 6.07) is 5.58. The van der Waals surface area contributed by atoms with Crippen molar-refractivity contribution in [3.8, 4) is 11.4 Å². The van der Waals surface area contributed by atoms with E-state index in [0.29, 0.717) is 52.7 Å². The van der Waals surface area contributed by atoms with E-state index < -0.39 is 8.07 Å². The fourth-order valence-electron chi connectivity index (χ4n) is 4.33. The van der Waals surface area contributed by atoms with Crippen LogP contribution in [0.3, 0.4) is 0 Å². The van der Waals surface area contributed by atoms with E-state index in [1.165, 1.54) is 12.1 Å². The second-order valence-electron chi connectivity index (χ2n) is 10.9. The number of hydrogen-bond donors (Lipinski definition) is 1. The van der Waals surface area contributed by atoms with Crippen LogP contribution in [0.5, 0.6) is 0 Å². The van der Waals surface area contributed by atoms with Crippen LogP contribution in [0.1, 0.15) is 16.8 Å². The molecule has 1 N–H and O–H groups in total. The fourth-order valence-corrected chi connectivity index (χ4v) is 5.08. The van der Waals surface area contributed by atoms with Crippen molar-refractivity contribution in [2.75, 3.05) is 26.4 Å². The number of halogens is 1. The predicted octanol–water partition coefficient (Wildman–Crippen LogP) is 4.20. The summed E-state index contributed by atoms with van der Waals surface area (Å²) < 4.78 is 28.4. The monoisotopic (exact) mass is 524 g/mol. The quantitative estimate of drug-likeness (QED) is 0.247. The van der Waals surface area contributed by atoms with E-state index in [1.54, 1.807) is 30.2 Å². The number of nitrogens with one attached hydrogen (secondary N) is 1. The third kappa shape index (κ3) is 5.58. The first kappa shape index (κ1) is 25.5. The highest BCUT2D eigenvalue weighted by atomic mass is 28.3. The summed E-state index contributed by atoms with van der Waals surface area (Å²) in [5, 5.41) is 8.35. The smallest absolute Gasteiger partial charge is 0.255 e. The molecule has 0 aliphatic carbocycles. The number of carbonyl (C=O) groups is 1. The standard InChI is InChI=1S/C26H33FN6O3Si/c1-32-22-11-18(27)5-6-19(22)23(31-32)21-12-29-25-24(30-21)20(26(34)28-8-7-17-14-36-15-17)13-33(25)16-35-9-10-37(2,3)4/h5-6,11-13,17H,7-10,14-16H2,1-4H3,(H,28,34). The molecule has 0 radical (unpaired) electrons. The van der Waals surface area contributed by atoms with Crippen molar-refractivity contribution in [1.29, 1.82) is 0 Å². The van der Waals surface area contributed by atoms with Crippen LogP contribution >= 0.6 is 0 Å². The highest BCUT2D eigenvalue weighted by Crippen LogP contribution is 2.29. The number of carbonyl (C=O) groups excluding carboxylic acids is 1. The minimum Gasteiger partial charge on any atom is -0.381 e. The molecule has 37 heavy (non-hydrogen) atoms. The third-order valence-electron chi connectivity index (χ3n) is 6.64. The van der Waals surface area contributed by atoms with Crippen LogP contribution in [-0.4, -0.2) is 64.7 Å². The summed E-state index contributed by atoms with van der Waals surface area (Å²) in [6.45, 7) is 9.93. The van der Waals surface area contributed by atoms with E-state index in [0.717, 1.165) is 31.1 Å². The molecule has 1 aliphatic heterocycles. The number of hydrogen-bond acceptors (Lipinski definition) is 6. The van der Waals surface area contributed by atoms with Gasteiger partial charge in [0.1, 0.15) is 29.5 Å². The van der Waals surface area contributed by atoms with Gasteiger partial charge in [0.2, 0.25) is 0 Å². The van der Waals surface area contributed by atoms with Crippen molar-refractivity contribution < 1.29 is 18.7 Å². The maximum Gasteiger partial charge on any atom is 0.255 e. The van der Waals surface area contributed by atoms with Gasteiger partial charge in [-0.1, -0.05) is 19.6 Å². The molecular weight excluding hydrogens is 491 g/mol.